The average molecular weight is 423 g/mol. The Morgan fingerprint density at radius 2 is 2.00 bits per heavy atom. The van der Waals surface area contributed by atoms with Gasteiger partial charge >= 0.3 is 0 Å². The van der Waals surface area contributed by atoms with E-state index in [1.54, 1.807) is 30.7 Å². The molecule has 1 aromatic carbocycles. The fourth-order valence-electron chi connectivity index (χ4n) is 2.84. The van der Waals surface area contributed by atoms with Crippen LogP contribution in [0.1, 0.15) is 11.3 Å². The van der Waals surface area contributed by atoms with Crippen molar-refractivity contribution in [2.45, 2.75) is 0 Å². The highest BCUT2D eigenvalue weighted by Crippen LogP contribution is 2.15. The van der Waals surface area contributed by atoms with Crippen molar-refractivity contribution in [2.75, 3.05) is 11.9 Å². The van der Waals surface area contributed by atoms with E-state index < -0.39 is 5.83 Å². The average Bonchev–Trinajstić information content (AvgIpc) is 3.28. The van der Waals surface area contributed by atoms with Crippen LogP contribution in [0.15, 0.2) is 85.6 Å². The lowest BCUT2D eigenvalue weighted by atomic mass is 10.1. The first-order valence-corrected chi connectivity index (χ1v) is 9.64. The number of nitrogens with one attached hydrogen (secondary N) is 2. The Bertz CT molecular complexity index is 1390. The van der Waals surface area contributed by atoms with Crippen molar-refractivity contribution in [3.8, 4) is 23.4 Å². The monoisotopic (exact) mass is 423 g/mol. The minimum Gasteiger partial charge on any atom is -0.350 e. The van der Waals surface area contributed by atoms with Crippen molar-refractivity contribution in [2.24, 2.45) is 0 Å². The molecule has 0 spiro atoms. The second kappa shape index (κ2) is 9.45. The first-order chi connectivity index (χ1) is 15.6. The van der Waals surface area contributed by atoms with Crippen LogP contribution in [0.2, 0.25) is 0 Å². The molecule has 0 aliphatic rings. The van der Waals surface area contributed by atoms with Crippen molar-refractivity contribution in [3.05, 3.63) is 96.9 Å². The summed E-state index contributed by atoms with van der Waals surface area (Å²) in [5.41, 5.74) is 3.23. The maximum atomic E-state index is 13.5. The molecule has 156 valence electrons. The number of H-pyrrole nitrogens is 1. The summed E-state index contributed by atoms with van der Waals surface area (Å²) in [6, 6.07) is 9.23. The molecular formula is C24H18FN7. The highest BCUT2D eigenvalue weighted by molar-refractivity contribution is 5.79. The first-order valence-electron chi connectivity index (χ1n) is 9.64. The van der Waals surface area contributed by atoms with Gasteiger partial charge in [0.15, 0.2) is 5.82 Å². The van der Waals surface area contributed by atoms with Gasteiger partial charge in [-0.2, -0.15) is 5.10 Å². The van der Waals surface area contributed by atoms with Gasteiger partial charge in [0.25, 0.3) is 0 Å². The number of aromatic nitrogens is 6. The van der Waals surface area contributed by atoms with Crippen LogP contribution in [-0.2, 0) is 0 Å². The summed E-state index contributed by atoms with van der Waals surface area (Å²) < 4.78 is 13.5. The molecule has 0 saturated heterocycles. The normalized spacial score (nSPS) is 11.0. The minimum atomic E-state index is -0.546. The van der Waals surface area contributed by atoms with Crippen LogP contribution in [-0.4, -0.2) is 36.7 Å². The molecule has 7 nitrogen and oxygen atoms in total. The van der Waals surface area contributed by atoms with E-state index >= 15 is 0 Å². The molecule has 0 aliphatic carbocycles. The molecule has 3 heterocycles. The molecule has 0 aliphatic heterocycles. The second-order valence-electron chi connectivity index (χ2n) is 6.64. The third-order valence-corrected chi connectivity index (χ3v) is 4.42. The maximum Gasteiger partial charge on any atom is 0.223 e. The van der Waals surface area contributed by atoms with Crippen molar-refractivity contribution in [3.63, 3.8) is 0 Å². The molecular weight excluding hydrogens is 405 g/mol. The first kappa shape index (κ1) is 20.6. The lowest BCUT2D eigenvalue weighted by Crippen LogP contribution is -2.08. The van der Waals surface area contributed by atoms with Crippen LogP contribution in [0.5, 0.6) is 0 Å². The van der Waals surface area contributed by atoms with E-state index in [4.69, 9.17) is 0 Å². The zero-order chi connectivity index (χ0) is 22.3. The molecule has 0 fully saturated rings. The Balaban J connectivity index is 1.53. The van der Waals surface area contributed by atoms with Crippen LogP contribution < -0.4 is 5.32 Å². The number of nitrogens with zero attached hydrogens (tertiary/aromatic N) is 5. The largest absolute Gasteiger partial charge is 0.350 e. The lowest BCUT2D eigenvalue weighted by Gasteiger charge is -2.07. The molecule has 4 aromatic rings. The Kier molecular flexibility index (Phi) is 6.09. The molecule has 4 rings (SSSR count). The van der Waals surface area contributed by atoms with E-state index in [9.17, 15) is 4.39 Å². The van der Waals surface area contributed by atoms with Crippen molar-refractivity contribution in [1.82, 2.24) is 30.1 Å². The Morgan fingerprint density at radius 1 is 1.12 bits per heavy atom. The van der Waals surface area contributed by atoms with E-state index in [-0.39, 0.29) is 6.54 Å². The summed E-state index contributed by atoms with van der Waals surface area (Å²) in [5, 5.41) is 10.9. The van der Waals surface area contributed by atoms with Crippen LogP contribution in [0.25, 0.3) is 22.4 Å². The number of anilines is 1. The molecule has 0 unspecified atom stereocenters. The summed E-state index contributed by atoms with van der Waals surface area (Å²) in [7, 11) is 0. The van der Waals surface area contributed by atoms with Gasteiger partial charge in [0, 0.05) is 35.5 Å². The van der Waals surface area contributed by atoms with Gasteiger partial charge in [-0.05, 0) is 36.3 Å². The van der Waals surface area contributed by atoms with Crippen LogP contribution in [0, 0.1) is 11.8 Å². The number of benzene rings is 1. The third-order valence-electron chi connectivity index (χ3n) is 4.42. The number of hydrogen-bond donors (Lipinski definition) is 2. The van der Waals surface area contributed by atoms with E-state index in [0.29, 0.717) is 28.7 Å². The molecule has 32 heavy (non-hydrogen) atoms. The summed E-state index contributed by atoms with van der Waals surface area (Å²) >= 11 is 0. The van der Waals surface area contributed by atoms with Gasteiger partial charge in [0.2, 0.25) is 5.95 Å². The quantitative estimate of drug-likeness (QED) is 0.356. The van der Waals surface area contributed by atoms with Gasteiger partial charge in [-0.15, -0.1) is 0 Å². The molecule has 3 aromatic heterocycles. The van der Waals surface area contributed by atoms with Crippen LogP contribution >= 0.6 is 0 Å². The van der Waals surface area contributed by atoms with Gasteiger partial charge in [0.05, 0.1) is 11.7 Å². The SMILES string of the molecule is C=C/C=C(/CNc1nccc(-c2nccc(C#Cc3ccc4[nH]ncc4c3)n2)n1)C(=C)F. The summed E-state index contributed by atoms with van der Waals surface area (Å²) in [5.74, 6) is 6.33. The smallest absolute Gasteiger partial charge is 0.223 e. The number of aromatic amines is 1. The van der Waals surface area contributed by atoms with E-state index in [1.807, 2.05) is 18.2 Å². The topological polar surface area (TPSA) is 92.3 Å². The molecule has 0 saturated carbocycles. The Hall–Kier alpha value is -4.64. The highest BCUT2D eigenvalue weighted by Gasteiger charge is 2.07. The van der Waals surface area contributed by atoms with Crippen LogP contribution in [0.4, 0.5) is 10.3 Å². The Labute approximate surface area is 183 Å². The van der Waals surface area contributed by atoms with Gasteiger partial charge in [-0.1, -0.05) is 31.2 Å². The number of fused-ring (bicyclic) bond motifs is 1. The highest BCUT2D eigenvalue weighted by atomic mass is 19.1. The minimum absolute atomic E-state index is 0.165. The molecule has 0 amide bonds. The van der Waals surface area contributed by atoms with Gasteiger partial charge in [0.1, 0.15) is 17.2 Å². The van der Waals surface area contributed by atoms with Gasteiger partial charge in [-0.3, -0.25) is 5.10 Å². The van der Waals surface area contributed by atoms with E-state index in [0.717, 1.165) is 16.5 Å². The predicted octanol–water partition coefficient (Wildman–Crippen LogP) is 4.22. The van der Waals surface area contributed by atoms with Crippen molar-refractivity contribution < 1.29 is 4.39 Å². The number of rotatable bonds is 6. The molecule has 0 radical (unpaired) electrons. The van der Waals surface area contributed by atoms with Gasteiger partial charge in [-0.25, -0.2) is 24.3 Å². The number of halogens is 1. The number of allylic oxidation sites excluding steroid dienone is 2. The third kappa shape index (κ3) is 4.91. The van der Waals surface area contributed by atoms with Gasteiger partial charge < -0.3 is 5.32 Å². The summed E-state index contributed by atoms with van der Waals surface area (Å²) in [6.45, 7) is 7.05. The van der Waals surface area contributed by atoms with E-state index in [2.05, 4.69) is 60.4 Å². The summed E-state index contributed by atoms with van der Waals surface area (Å²) in [6.07, 6.45) is 7.98. The van der Waals surface area contributed by atoms with E-state index in [1.165, 1.54) is 12.2 Å². The Morgan fingerprint density at radius 3 is 2.84 bits per heavy atom. The molecule has 0 bridgehead atoms. The fraction of sp³-hybridized carbons (Fsp3) is 0.0417. The zero-order valence-corrected chi connectivity index (χ0v) is 17.0. The summed E-state index contributed by atoms with van der Waals surface area (Å²) in [4.78, 5) is 17.3. The molecule has 2 N–H and O–H groups in total. The lowest BCUT2D eigenvalue weighted by molar-refractivity contribution is 0.652. The standard InChI is InChI=1S/C24H18FN7/c1-3-4-18(16(2)25)14-28-24-27-12-10-22(31-24)23-26-11-9-20(30-23)7-5-17-6-8-21-19(13-17)15-29-32-21/h3-4,6,8-13,15H,1-2,14H2,(H,29,32)(H,27,28,31)/b18-4-. The second-order valence-corrected chi connectivity index (χ2v) is 6.64. The fourth-order valence-corrected chi connectivity index (χ4v) is 2.84. The number of hydrogen-bond acceptors (Lipinski definition) is 6. The van der Waals surface area contributed by atoms with Crippen LogP contribution in [0.3, 0.4) is 0 Å². The zero-order valence-electron chi connectivity index (χ0n) is 17.0. The van der Waals surface area contributed by atoms with Crippen molar-refractivity contribution in [1.29, 1.82) is 0 Å². The molecule has 8 heteroatoms. The predicted molar refractivity (Wildman–Crippen MR) is 122 cm³/mol. The maximum absolute atomic E-state index is 13.5. The molecule has 0 atom stereocenters. The van der Waals surface area contributed by atoms with Crippen molar-refractivity contribution >= 4 is 16.9 Å².